The third-order valence-corrected chi connectivity index (χ3v) is 3.01. The van der Waals surface area contributed by atoms with Crippen molar-refractivity contribution in [1.29, 1.82) is 0 Å². The molecule has 5 heteroatoms. The van der Waals surface area contributed by atoms with E-state index in [1.165, 1.54) is 11.3 Å². The standard InChI is InChI=1S/C10H15BrN2OS/c1-6(2)7-5-15-9(12-7)13-8(14)10(3,4)11/h5-6H,1-4H3,(H,12,13,14). The molecule has 0 unspecified atom stereocenters. The van der Waals surface area contributed by atoms with Crippen LogP contribution in [-0.2, 0) is 4.79 Å². The molecule has 0 fully saturated rings. The van der Waals surface area contributed by atoms with Gasteiger partial charge in [0.2, 0.25) is 5.91 Å². The average Bonchev–Trinajstić information content (AvgIpc) is 2.50. The predicted octanol–water partition coefficient (Wildman–Crippen LogP) is 3.38. The molecule has 0 aliphatic carbocycles. The first-order valence-electron chi connectivity index (χ1n) is 4.76. The first-order valence-corrected chi connectivity index (χ1v) is 6.43. The summed E-state index contributed by atoms with van der Waals surface area (Å²) in [7, 11) is 0. The van der Waals surface area contributed by atoms with Gasteiger partial charge in [-0.2, -0.15) is 0 Å². The molecule has 84 valence electrons. The number of amides is 1. The van der Waals surface area contributed by atoms with Gasteiger partial charge >= 0.3 is 0 Å². The summed E-state index contributed by atoms with van der Waals surface area (Å²) in [6.45, 7) is 7.77. The Morgan fingerprint density at radius 2 is 2.20 bits per heavy atom. The second kappa shape index (κ2) is 4.61. The largest absolute Gasteiger partial charge is 0.301 e. The lowest BCUT2D eigenvalue weighted by Gasteiger charge is -2.13. The van der Waals surface area contributed by atoms with Gasteiger partial charge in [-0.3, -0.25) is 4.79 Å². The smallest absolute Gasteiger partial charge is 0.242 e. The van der Waals surface area contributed by atoms with Gasteiger partial charge in [0.15, 0.2) is 5.13 Å². The Kier molecular flexibility index (Phi) is 3.89. The number of carbonyl (C=O) groups excluding carboxylic acids is 1. The van der Waals surface area contributed by atoms with Gasteiger partial charge in [0.1, 0.15) is 0 Å². The number of carbonyl (C=O) groups is 1. The van der Waals surface area contributed by atoms with E-state index in [4.69, 9.17) is 0 Å². The molecule has 0 saturated carbocycles. The van der Waals surface area contributed by atoms with Gasteiger partial charge in [-0.15, -0.1) is 11.3 Å². The molecule has 0 aromatic carbocycles. The van der Waals surface area contributed by atoms with Gasteiger partial charge in [0.05, 0.1) is 10.0 Å². The molecule has 0 radical (unpaired) electrons. The maximum absolute atomic E-state index is 11.6. The lowest BCUT2D eigenvalue weighted by Crippen LogP contribution is -2.30. The van der Waals surface area contributed by atoms with Crippen LogP contribution < -0.4 is 5.32 Å². The van der Waals surface area contributed by atoms with Crippen molar-refractivity contribution in [2.75, 3.05) is 5.32 Å². The van der Waals surface area contributed by atoms with Crippen LogP contribution in [0.15, 0.2) is 5.38 Å². The van der Waals surface area contributed by atoms with Crippen molar-refractivity contribution >= 4 is 38.3 Å². The van der Waals surface area contributed by atoms with Crippen molar-refractivity contribution in [1.82, 2.24) is 4.98 Å². The molecule has 0 saturated heterocycles. The minimum absolute atomic E-state index is 0.0767. The highest BCUT2D eigenvalue weighted by Crippen LogP contribution is 2.24. The number of thiazole rings is 1. The zero-order valence-corrected chi connectivity index (χ0v) is 11.7. The molecule has 1 rings (SSSR count). The molecule has 1 aromatic heterocycles. The molecular formula is C10H15BrN2OS. The summed E-state index contributed by atoms with van der Waals surface area (Å²) in [6.07, 6.45) is 0. The molecule has 1 heterocycles. The third kappa shape index (κ3) is 3.57. The second-order valence-electron chi connectivity index (χ2n) is 4.16. The Labute approximate surface area is 102 Å². The number of anilines is 1. The van der Waals surface area contributed by atoms with Crippen LogP contribution in [-0.4, -0.2) is 15.2 Å². The first-order chi connectivity index (χ1) is 6.80. The molecule has 0 aliphatic heterocycles. The average molecular weight is 291 g/mol. The summed E-state index contributed by atoms with van der Waals surface area (Å²) in [4.78, 5) is 16.0. The van der Waals surface area contributed by atoms with Crippen LogP contribution in [0.25, 0.3) is 0 Å². The van der Waals surface area contributed by atoms with E-state index in [9.17, 15) is 4.79 Å². The molecule has 0 bridgehead atoms. The summed E-state index contributed by atoms with van der Waals surface area (Å²) < 4.78 is -0.559. The predicted molar refractivity (Wildman–Crippen MR) is 67.8 cm³/mol. The van der Waals surface area contributed by atoms with Crippen molar-refractivity contribution in [2.24, 2.45) is 0 Å². The lowest BCUT2D eigenvalue weighted by molar-refractivity contribution is -0.117. The summed E-state index contributed by atoms with van der Waals surface area (Å²) in [5.74, 6) is 0.316. The molecule has 15 heavy (non-hydrogen) atoms. The maximum Gasteiger partial charge on any atom is 0.242 e. The Morgan fingerprint density at radius 3 is 2.60 bits per heavy atom. The van der Waals surface area contributed by atoms with E-state index in [-0.39, 0.29) is 5.91 Å². The van der Waals surface area contributed by atoms with Crippen LogP contribution in [0.4, 0.5) is 5.13 Å². The van der Waals surface area contributed by atoms with Crippen molar-refractivity contribution < 1.29 is 4.79 Å². The highest BCUT2D eigenvalue weighted by Gasteiger charge is 2.24. The minimum Gasteiger partial charge on any atom is -0.301 e. The molecule has 1 aromatic rings. The zero-order valence-electron chi connectivity index (χ0n) is 9.30. The zero-order chi connectivity index (χ0) is 11.6. The van der Waals surface area contributed by atoms with Crippen LogP contribution in [0.2, 0.25) is 0 Å². The van der Waals surface area contributed by atoms with Crippen molar-refractivity contribution in [3.8, 4) is 0 Å². The SMILES string of the molecule is CC(C)c1csc(NC(=O)C(C)(C)Br)n1. The van der Waals surface area contributed by atoms with E-state index in [1.54, 1.807) is 13.8 Å². The van der Waals surface area contributed by atoms with Gasteiger partial charge < -0.3 is 5.32 Å². The van der Waals surface area contributed by atoms with E-state index < -0.39 is 4.32 Å². The summed E-state index contributed by atoms with van der Waals surface area (Å²) in [6, 6.07) is 0. The van der Waals surface area contributed by atoms with Crippen LogP contribution >= 0.6 is 27.3 Å². The molecule has 0 spiro atoms. The van der Waals surface area contributed by atoms with Gasteiger partial charge in [0.25, 0.3) is 0 Å². The number of nitrogens with zero attached hydrogens (tertiary/aromatic N) is 1. The Balaban J connectivity index is 2.70. The number of halogens is 1. The Morgan fingerprint density at radius 1 is 1.60 bits per heavy atom. The third-order valence-electron chi connectivity index (χ3n) is 1.87. The lowest BCUT2D eigenvalue weighted by atomic mass is 10.2. The Bertz CT molecular complexity index is 355. The molecule has 3 nitrogen and oxygen atoms in total. The summed E-state index contributed by atoms with van der Waals surface area (Å²) in [5.41, 5.74) is 1.02. The topological polar surface area (TPSA) is 42.0 Å². The highest BCUT2D eigenvalue weighted by atomic mass is 79.9. The summed E-state index contributed by atoms with van der Waals surface area (Å²) in [5, 5.41) is 5.42. The number of alkyl halides is 1. The quantitative estimate of drug-likeness (QED) is 0.867. The van der Waals surface area contributed by atoms with Crippen LogP contribution in [0.3, 0.4) is 0 Å². The normalized spacial score (nSPS) is 11.9. The fraction of sp³-hybridized carbons (Fsp3) is 0.600. The second-order valence-corrected chi connectivity index (χ2v) is 7.00. The van der Waals surface area contributed by atoms with E-state index in [0.717, 1.165) is 5.69 Å². The number of hydrogen-bond donors (Lipinski definition) is 1. The molecule has 1 amide bonds. The van der Waals surface area contributed by atoms with E-state index >= 15 is 0 Å². The number of aromatic nitrogens is 1. The van der Waals surface area contributed by atoms with Crippen LogP contribution in [0.1, 0.15) is 39.3 Å². The van der Waals surface area contributed by atoms with E-state index in [2.05, 4.69) is 40.1 Å². The number of hydrogen-bond acceptors (Lipinski definition) is 3. The van der Waals surface area contributed by atoms with Crippen LogP contribution in [0, 0.1) is 0 Å². The van der Waals surface area contributed by atoms with E-state index in [0.29, 0.717) is 11.0 Å². The van der Waals surface area contributed by atoms with Gasteiger partial charge in [0, 0.05) is 5.38 Å². The molecular weight excluding hydrogens is 276 g/mol. The number of rotatable bonds is 3. The number of nitrogens with one attached hydrogen (secondary N) is 1. The van der Waals surface area contributed by atoms with Gasteiger partial charge in [-0.1, -0.05) is 29.8 Å². The van der Waals surface area contributed by atoms with Crippen molar-refractivity contribution in [3.63, 3.8) is 0 Å². The fourth-order valence-corrected chi connectivity index (χ4v) is 1.82. The molecule has 0 atom stereocenters. The first kappa shape index (κ1) is 12.6. The highest BCUT2D eigenvalue weighted by molar-refractivity contribution is 9.10. The summed E-state index contributed by atoms with van der Waals surface area (Å²) >= 11 is 4.76. The van der Waals surface area contributed by atoms with Crippen molar-refractivity contribution in [2.45, 2.75) is 37.9 Å². The Hall–Kier alpha value is -0.420. The molecule has 1 N–H and O–H groups in total. The van der Waals surface area contributed by atoms with Crippen molar-refractivity contribution in [3.05, 3.63) is 11.1 Å². The van der Waals surface area contributed by atoms with Crippen LogP contribution in [0.5, 0.6) is 0 Å². The minimum atomic E-state index is -0.559. The fourth-order valence-electron chi connectivity index (χ4n) is 0.854. The van der Waals surface area contributed by atoms with Gasteiger partial charge in [-0.05, 0) is 19.8 Å². The van der Waals surface area contributed by atoms with E-state index in [1.807, 2.05) is 5.38 Å². The molecule has 0 aliphatic rings. The monoisotopic (exact) mass is 290 g/mol. The van der Waals surface area contributed by atoms with Gasteiger partial charge in [-0.25, -0.2) is 4.98 Å². The maximum atomic E-state index is 11.6.